The molecule has 0 atom stereocenters. The minimum absolute atomic E-state index is 0.0237. The molecule has 0 bridgehead atoms. The number of rotatable bonds is 1. The van der Waals surface area contributed by atoms with E-state index in [1.165, 1.54) is 12.4 Å². The molecule has 1 rings (SSSR count). The number of aromatic nitrogens is 2. The number of nitrogens with zero attached hydrogens (tertiary/aromatic N) is 2. The summed E-state index contributed by atoms with van der Waals surface area (Å²) in [6, 6.07) is 0. The highest BCUT2D eigenvalue weighted by atomic mass is 16.1. The van der Waals surface area contributed by atoms with Gasteiger partial charge < -0.3 is 0 Å². The van der Waals surface area contributed by atoms with Crippen molar-refractivity contribution in [3.63, 3.8) is 0 Å². The second-order valence-electron chi connectivity index (χ2n) is 3.67. The summed E-state index contributed by atoms with van der Waals surface area (Å²) in [6.07, 6.45) is 4.58. The molecule has 3 heteroatoms. The highest BCUT2D eigenvalue weighted by molar-refractivity contribution is 5.97. The zero-order valence-corrected chi connectivity index (χ0v) is 7.53. The van der Waals surface area contributed by atoms with E-state index in [4.69, 9.17) is 0 Å². The zero-order valence-electron chi connectivity index (χ0n) is 7.53. The first-order valence-electron chi connectivity index (χ1n) is 3.82. The molecule has 0 saturated heterocycles. The second kappa shape index (κ2) is 3.01. The van der Waals surface area contributed by atoms with Crippen LogP contribution >= 0.6 is 0 Å². The summed E-state index contributed by atoms with van der Waals surface area (Å²) < 4.78 is 0. The molecule has 0 aromatic carbocycles. The van der Waals surface area contributed by atoms with Gasteiger partial charge in [-0.15, -0.1) is 0 Å². The van der Waals surface area contributed by atoms with Crippen LogP contribution in [0.5, 0.6) is 0 Å². The summed E-state index contributed by atoms with van der Waals surface area (Å²) >= 11 is 0. The number of ketones is 1. The first kappa shape index (κ1) is 8.84. The predicted octanol–water partition coefficient (Wildman–Crippen LogP) is 1.71. The van der Waals surface area contributed by atoms with Crippen molar-refractivity contribution in [3.05, 3.63) is 24.3 Å². The van der Waals surface area contributed by atoms with Crippen LogP contribution in [0.3, 0.4) is 0 Å². The Bertz CT molecular complexity index is 274. The standard InChI is InChI=1S/C9H12N2O/c1-9(2,3)8(12)7-6-10-4-5-11-7/h4-6H,1-3H3. The molecule has 0 amide bonds. The lowest BCUT2D eigenvalue weighted by atomic mass is 9.89. The normalized spacial score (nSPS) is 11.2. The molecule has 1 heterocycles. The van der Waals surface area contributed by atoms with E-state index >= 15 is 0 Å². The molecule has 1 aromatic rings. The Balaban J connectivity index is 2.94. The maximum Gasteiger partial charge on any atom is 0.188 e. The van der Waals surface area contributed by atoms with Crippen LogP contribution in [0.25, 0.3) is 0 Å². The third-order valence-corrected chi connectivity index (χ3v) is 1.48. The second-order valence-corrected chi connectivity index (χ2v) is 3.67. The van der Waals surface area contributed by atoms with Crippen molar-refractivity contribution in [2.75, 3.05) is 0 Å². The third kappa shape index (κ3) is 1.87. The van der Waals surface area contributed by atoms with Crippen LogP contribution in [0.15, 0.2) is 18.6 Å². The van der Waals surface area contributed by atoms with Crippen molar-refractivity contribution < 1.29 is 4.79 Å². The molecule has 64 valence electrons. The maximum absolute atomic E-state index is 11.6. The van der Waals surface area contributed by atoms with Crippen LogP contribution < -0.4 is 0 Å². The Morgan fingerprint density at radius 2 is 2.00 bits per heavy atom. The topological polar surface area (TPSA) is 42.9 Å². The van der Waals surface area contributed by atoms with Gasteiger partial charge in [-0.1, -0.05) is 20.8 Å². The van der Waals surface area contributed by atoms with Crippen LogP contribution in [0.1, 0.15) is 31.3 Å². The summed E-state index contributed by atoms with van der Waals surface area (Å²) in [5, 5.41) is 0. The first-order valence-corrected chi connectivity index (χ1v) is 3.82. The summed E-state index contributed by atoms with van der Waals surface area (Å²) in [4.78, 5) is 19.3. The van der Waals surface area contributed by atoms with Gasteiger partial charge >= 0.3 is 0 Å². The fourth-order valence-corrected chi connectivity index (χ4v) is 0.801. The molecule has 1 aromatic heterocycles. The van der Waals surface area contributed by atoms with Crippen LogP contribution in [0.4, 0.5) is 0 Å². The largest absolute Gasteiger partial charge is 0.292 e. The number of hydrogen-bond acceptors (Lipinski definition) is 3. The van der Waals surface area contributed by atoms with Gasteiger partial charge in [-0.3, -0.25) is 9.78 Å². The average Bonchev–Trinajstić information content (AvgIpc) is 2.03. The van der Waals surface area contributed by atoms with Crippen molar-refractivity contribution >= 4 is 5.78 Å². The fourth-order valence-electron chi connectivity index (χ4n) is 0.801. The summed E-state index contributed by atoms with van der Waals surface area (Å²) in [5.74, 6) is 0.0237. The van der Waals surface area contributed by atoms with Gasteiger partial charge in [0, 0.05) is 17.8 Å². The van der Waals surface area contributed by atoms with Gasteiger partial charge in [-0.05, 0) is 0 Å². The number of hydrogen-bond donors (Lipinski definition) is 0. The highest BCUT2D eigenvalue weighted by Gasteiger charge is 2.23. The maximum atomic E-state index is 11.6. The van der Waals surface area contributed by atoms with E-state index in [2.05, 4.69) is 9.97 Å². The summed E-state index contributed by atoms with van der Waals surface area (Å²) in [6.45, 7) is 5.60. The molecule has 0 saturated carbocycles. The number of Topliss-reactive ketones (excluding diaryl/α,β-unsaturated/α-hetero) is 1. The molecule has 0 aliphatic heterocycles. The van der Waals surface area contributed by atoms with Gasteiger partial charge in [0.2, 0.25) is 0 Å². The Morgan fingerprint density at radius 3 is 2.42 bits per heavy atom. The monoisotopic (exact) mass is 164 g/mol. The molecular weight excluding hydrogens is 152 g/mol. The van der Waals surface area contributed by atoms with E-state index in [-0.39, 0.29) is 11.2 Å². The third-order valence-electron chi connectivity index (χ3n) is 1.48. The van der Waals surface area contributed by atoms with E-state index in [9.17, 15) is 4.79 Å². The van der Waals surface area contributed by atoms with Gasteiger partial charge in [0.15, 0.2) is 5.78 Å². The quantitative estimate of drug-likeness (QED) is 0.593. The molecule has 0 unspecified atom stereocenters. The van der Waals surface area contributed by atoms with Crippen molar-refractivity contribution in [1.82, 2.24) is 9.97 Å². The lowest BCUT2D eigenvalue weighted by Gasteiger charge is -2.14. The lowest BCUT2D eigenvalue weighted by molar-refractivity contribution is 0.0852. The summed E-state index contributed by atoms with van der Waals surface area (Å²) in [7, 11) is 0. The molecule has 3 nitrogen and oxygen atoms in total. The Kier molecular flexibility index (Phi) is 2.22. The number of carbonyl (C=O) groups excluding carboxylic acids is 1. The highest BCUT2D eigenvalue weighted by Crippen LogP contribution is 2.18. The van der Waals surface area contributed by atoms with E-state index < -0.39 is 0 Å². The Labute approximate surface area is 71.9 Å². The smallest absolute Gasteiger partial charge is 0.188 e. The minimum atomic E-state index is -0.379. The van der Waals surface area contributed by atoms with Crippen molar-refractivity contribution in [1.29, 1.82) is 0 Å². The Morgan fingerprint density at radius 1 is 1.33 bits per heavy atom. The van der Waals surface area contributed by atoms with Crippen LogP contribution in [-0.2, 0) is 0 Å². The minimum Gasteiger partial charge on any atom is -0.292 e. The molecule has 0 fully saturated rings. The number of carbonyl (C=O) groups is 1. The van der Waals surface area contributed by atoms with E-state index in [1.54, 1.807) is 6.20 Å². The van der Waals surface area contributed by atoms with Crippen LogP contribution in [-0.4, -0.2) is 15.8 Å². The molecule has 12 heavy (non-hydrogen) atoms. The zero-order chi connectivity index (χ0) is 9.19. The van der Waals surface area contributed by atoms with Gasteiger partial charge in [-0.25, -0.2) is 4.98 Å². The van der Waals surface area contributed by atoms with Crippen molar-refractivity contribution in [2.45, 2.75) is 20.8 Å². The van der Waals surface area contributed by atoms with Crippen LogP contribution in [0.2, 0.25) is 0 Å². The van der Waals surface area contributed by atoms with E-state index in [0.717, 1.165) is 0 Å². The van der Waals surface area contributed by atoms with Gasteiger partial charge in [0.25, 0.3) is 0 Å². The van der Waals surface area contributed by atoms with Crippen molar-refractivity contribution in [3.8, 4) is 0 Å². The average molecular weight is 164 g/mol. The van der Waals surface area contributed by atoms with Crippen molar-refractivity contribution in [2.24, 2.45) is 5.41 Å². The first-order chi connectivity index (χ1) is 5.52. The van der Waals surface area contributed by atoms with Gasteiger partial charge in [-0.2, -0.15) is 0 Å². The molecule has 0 radical (unpaired) electrons. The fraction of sp³-hybridized carbons (Fsp3) is 0.444. The molecular formula is C9H12N2O. The molecule has 0 aliphatic rings. The summed E-state index contributed by atoms with van der Waals surface area (Å²) in [5.41, 5.74) is 0.0563. The van der Waals surface area contributed by atoms with E-state index in [1.807, 2.05) is 20.8 Å². The predicted molar refractivity (Wildman–Crippen MR) is 45.8 cm³/mol. The SMILES string of the molecule is CC(C)(C)C(=O)c1cnccn1. The van der Waals surface area contributed by atoms with Crippen LogP contribution in [0, 0.1) is 5.41 Å². The molecule has 0 spiro atoms. The molecule has 0 N–H and O–H groups in total. The van der Waals surface area contributed by atoms with Gasteiger partial charge in [0.05, 0.1) is 6.20 Å². The van der Waals surface area contributed by atoms with Gasteiger partial charge in [0.1, 0.15) is 5.69 Å². The van der Waals surface area contributed by atoms with E-state index in [0.29, 0.717) is 5.69 Å². The Hall–Kier alpha value is -1.25. The lowest BCUT2D eigenvalue weighted by Crippen LogP contribution is -2.21. The molecule has 0 aliphatic carbocycles.